The Morgan fingerprint density at radius 1 is 0.839 bits per heavy atom. The molecular formula is C15H36N6O6P2S2. The molecule has 16 heteroatoms. The lowest BCUT2D eigenvalue weighted by Crippen LogP contribution is -2.52. The van der Waals surface area contributed by atoms with Gasteiger partial charge >= 0.3 is 15.5 Å². The van der Waals surface area contributed by atoms with Gasteiger partial charge in [0.2, 0.25) is 0 Å². The molecule has 0 saturated carbocycles. The molecule has 0 rings (SSSR count). The van der Waals surface area contributed by atoms with E-state index in [-0.39, 0.29) is 30.1 Å². The molecule has 0 aromatic carbocycles. The van der Waals surface area contributed by atoms with Gasteiger partial charge in [-0.1, -0.05) is 27.7 Å². The lowest BCUT2D eigenvalue weighted by Gasteiger charge is -2.39. The monoisotopic (exact) mass is 522 g/mol. The number of nitrogens with zero attached hydrogens (tertiary/aromatic N) is 2. The van der Waals surface area contributed by atoms with Crippen molar-refractivity contribution in [2.75, 3.05) is 33.0 Å². The molecule has 0 bridgehead atoms. The smallest absolute Gasteiger partial charge is 0.376 e. The molecule has 0 heterocycles. The van der Waals surface area contributed by atoms with Gasteiger partial charge in [0.25, 0.3) is 0 Å². The minimum Gasteiger partial charge on any atom is -0.376 e. The van der Waals surface area contributed by atoms with Crippen LogP contribution in [0.25, 0.3) is 0 Å². The maximum absolute atomic E-state index is 11.1. The first kappa shape index (κ1) is 30.6. The summed E-state index contributed by atoms with van der Waals surface area (Å²) in [6, 6.07) is 0. The molecule has 0 saturated heterocycles. The third-order valence-electron chi connectivity index (χ3n) is 4.31. The Morgan fingerprint density at radius 2 is 1.13 bits per heavy atom. The number of hydrogen-bond donors (Lipinski definition) is 6. The molecule has 0 aromatic heterocycles. The zero-order valence-corrected chi connectivity index (χ0v) is 21.8. The lowest BCUT2D eigenvalue weighted by molar-refractivity contribution is 0.131. The van der Waals surface area contributed by atoms with Crippen molar-refractivity contribution in [2.45, 2.75) is 40.5 Å². The molecule has 184 valence electrons. The topological polar surface area (TPSA) is 204 Å². The van der Waals surface area contributed by atoms with E-state index < -0.39 is 26.3 Å². The van der Waals surface area contributed by atoms with Crippen molar-refractivity contribution in [3.8, 4) is 0 Å². The highest BCUT2D eigenvalue weighted by Crippen LogP contribution is 2.34. The van der Waals surface area contributed by atoms with Crippen LogP contribution in [0.1, 0.15) is 40.5 Å². The van der Waals surface area contributed by atoms with Gasteiger partial charge in [-0.15, -0.1) is 0 Å². The van der Waals surface area contributed by atoms with Crippen molar-refractivity contribution in [1.29, 1.82) is 0 Å². The van der Waals surface area contributed by atoms with Gasteiger partial charge in [0.1, 0.15) is 0 Å². The minimum absolute atomic E-state index is 0.00957. The Morgan fingerprint density at radius 3 is 1.35 bits per heavy atom. The highest BCUT2D eigenvalue weighted by Gasteiger charge is 2.28. The molecule has 0 aliphatic carbocycles. The number of thiocarbonyl (C=S) groups is 2. The van der Waals surface area contributed by atoms with Crippen LogP contribution in [0.4, 0.5) is 0 Å². The van der Waals surface area contributed by atoms with Gasteiger partial charge in [-0.3, -0.25) is 9.05 Å². The fourth-order valence-corrected chi connectivity index (χ4v) is 3.65. The summed E-state index contributed by atoms with van der Waals surface area (Å²) in [5, 5.41) is 0.264. The molecular weight excluding hydrogens is 486 g/mol. The van der Waals surface area contributed by atoms with E-state index in [1.165, 1.54) is 0 Å². The van der Waals surface area contributed by atoms with Crippen LogP contribution >= 0.6 is 39.9 Å². The number of nitrogens with two attached hydrogens (primary N) is 4. The maximum Gasteiger partial charge on any atom is 0.400 e. The predicted octanol–water partition coefficient (Wildman–Crippen LogP) is 1.02. The van der Waals surface area contributed by atoms with Crippen molar-refractivity contribution in [2.24, 2.45) is 33.3 Å². The van der Waals surface area contributed by atoms with E-state index in [0.717, 1.165) is 0 Å². The van der Waals surface area contributed by atoms with Crippen LogP contribution in [0.3, 0.4) is 0 Å². The SMILES string of the molecule is CC(C)(CCOP(N)(=O)O)CN(CN(CC(C)(C)CCOP(N)(=O)O)C(N)=S)C(N)=S. The molecule has 2 unspecified atom stereocenters. The standard InChI is InChI=1S/C15H36N6O6P2S2/c1-14(2,5-7-26-28(18,22)23)9-20(12(16)30)11-21(13(17)31)10-15(3,4)6-8-27-29(19,24)25/h5-11H2,1-4H3,(H2,16,30)(H2,17,31)(H3,18,22,23)(H3,19,24,25). The van der Waals surface area contributed by atoms with Crippen molar-refractivity contribution in [3.63, 3.8) is 0 Å². The van der Waals surface area contributed by atoms with E-state index in [4.69, 9.17) is 65.7 Å². The van der Waals surface area contributed by atoms with Crippen LogP contribution in [-0.2, 0) is 18.2 Å². The second-order valence-electron chi connectivity index (χ2n) is 8.84. The maximum atomic E-state index is 11.1. The summed E-state index contributed by atoms with van der Waals surface area (Å²) in [4.78, 5) is 21.5. The van der Waals surface area contributed by atoms with Gasteiger partial charge in [-0.2, -0.15) is 0 Å². The van der Waals surface area contributed by atoms with Crippen molar-refractivity contribution in [1.82, 2.24) is 9.80 Å². The first-order valence-corrected chi connectivity index (χ1v) is 13.4. The summed E-state index contributed by atoms with van der Waals surface area (Å²) in [5.74, 6) is 0. The summed E-state index contributed by atoms with van der Waals surface area (Å²) in [6.07, 6.45) is 0.841. The van der Waals surface area contributed by atoms with Crippen LogP contribution < -0.4 is 22.5 Å². The molecule has 2 atom stereocenters. The van der Waals surface area contributed by atoms with E-state index in [0.29, 0.717) is 25.9 Å². The molecule has 0 amide bonds. The lowest BCUT2D eigenvalue weighted by atomic mass is 9.88. The first-order chi connectivity index (χ1) is 13.7. The average Bonchev–Trinajstić information content (AvgIpc) is 2.49. The Labute approximate surface area is 194 Å². The molecule has 0 radical (unpaired) electrons. The molecule has 0 aliphatic heterocycles. The van der Waals surface area contributed by atoms with Crippen LogP contribution in [-0.4, -0.2) is 62.8 Å². The first-order valence-electron chi connectivity index (χ1n) is 9.34. The van der Waals surface area contributed by atoms with E-state index >= 15 is 0 Å². The van der Waals surface area contributed by atoms with Gasteiger partial charge in [0.05, 0.1) is 19.9 Å². The van der Waals surface area contributed by atoms with Gasteiger partial charge in [-0.05, 0) is 48.1 Å². The van der Waals surface area contributed by atoms with Crippen LogP contribution in [0, 0.1) is 10.8 Å². The van der Waals surface area contributed by atoms with Gasteiger partial charge in [0, 0.05) is 13.1 Å². The van der Waals surface area contributed by atoms with Crippen molar-refractivity contribution >= 4 is 50.2 Å². The number of rotatable bonds is 14. The predicted molar refractivity (Wildman–Crippen MR) is 129 cm³/mol. The minimum atomic E-state index is -4.04. The van der Waals surface area contributed by atoms with Gasteiger partial charge in [-0.25, -0.2) is 20.1 Å². The largest absolute Gasteiger partial charge is 0.400 e. The van der Waals surface area contributed by atoms with E-state index in [1.54, 1.807) is 9.80 Å². The highest BCUT2D eigenvalue weighted by molar-refractivity contribution is 7.80. The third-order valence-corrected chi connectivity index (χ3v) is 5.93. The fourth-order valence-electron chi connectivity index (χ4n) is 2.70. The van der Waals surface area contributed by atoms with E-state index in [1.807, 2.05) is 27.7 Å². The highest BCUT2D eigenvalue weighted by atomic mass is 32.1. The fraction of sp³-hybridized carbons (Fsp3) is 0.867. The third kappa shape index (κ3) is 15.9. The van der Waals surface area contributed by atoms with Crippen molar-refractivity contribution < 1.29 is 28.0 Å². The zero-order valence-electron chi connectivity index (χ0n) is 18.4. The van der Waals surface area contributed by atoms with Gasteiger partial charge < -0.3 is 31.1 Å². The zero-order chi connectivity index (χ0) is 24.7. The summed E-state index contributed by atoms with van der Waals surface area (Å²) in [7, 11) is -8.08. The molecule has 12 nitrogen and oxygen atoms in total. The molecule has 10 N–H and O–H groups in total. The number of hydrogen-bond acceptors (Lipinski definition) is 6. The Balaban J connectivity index is 5.10. The quantitative estimate of drug-likeness (QED) is 0.107. The summed E-state index contributed by atoms with van der Waals surface area (Å²) >= 11 is 10.4. The Bertz CT molecular complexity index is 656. The van der Waals surface area contributed by atoms with Crippen LogP contribution in [0.2, 0.25) is 0 Å². The molecule has 0 spiro atoms. The molecule has 31 heavy (non-hydrogen) atoms. The summed E-state index contributed by atoms with van der Waals surface area (Å²) in [6.45, 7) is 8.68. The average molecular weight is 523 g/mol. The van der Waals surface area contributed by atoms with E-state index in [9.17, 15) is 9.13 Å². The van der Waals surface area contributed by atoms with E-state index in [2.05, 4.69) is 0 Å². The van der Waals surface area contributed by atoms with Gasteiger partial charge in [0.15, 0.2) is 10.2 Å². The summed E-state index contributed by atoms with van der Waals surface area (Å²) < 4.78 is 31.7. The van der Waals surface area contributed by atoms with Crippen LogP contribution in [0.15, 0.2) is 0 Å². The normalized spacial score (nSPS) is 16.3. The van der Waals surface area contributed by atoms with Crippen molar-refractivity contribution in [3.05, 3.63) is 0 Å². The molecule has 0 aromatic rings. The second-order valence-corrected chi connectivity index (χ2v) is 12.4. The molecule has 0 aliphatic rings. The van der Waals surface area contributed by atoms with Crippen LogP contribution in [0.5, 0.6) is 0 Å². The second kappa shape index (κ2) is 12.2. The Kier molecular flexibility index (Phi) is 12.0. The Hall–Kier alpha value is -0.400. The molecule has 0 fully saturated rings. The summed E-state index contributed by atoms with van der Waals surface area (Å²) in [5.41, 5.74) is 21.0.